The third-order valence-electron chi connectivity index (χ3n) is 3.55. The lowest BCUT2D eigenvalue weighted by atomic mass is 9.96. The second-order valence-electron chi connectivity index (χ2n) is 5.00. The van der Waals surface area contributed by atoms with Crippen molar-refractivity contribution in [2.75, 3.05) is 26.2 Å². The van der Waals surface area contributed by atoms with Gasteiger partial charge in [-0.05, 0) is 25.8 Å². The highest BCUT2D eigenvalue weighted by Gasteiger charge is 2.29. The molecule has 2 rings (SSSR count). The Morgan fingerprint density at radius 3 is 2.83 bits per heavy atom. The van der Waals surface area contributed by atoms with Crippen molar-refractivity contribution in [1.29, 1.82) is 0 Å². The van der Waals surface area contributed by atoms with Gasteiger partial charge in [-0.25, -0.2) is 0 Å². The zero-order valence-electron chi connectivity index (χ0n) is 10.4. The largest absolute Gasteiger partial charge is 0.393 e. The Morgan fingerprint density at radius 1 is 1.33 bits per heavy atom. The second kappa shape index (κ2) is 6.02. The molecule has 0 aliphatic carbocycles. The summed E-state index contributed by atoms with van der Waals surface area (Å²) in [5.74, 6) is 0. The molecule has 6 heteroatoms. The van der Waals surface area contributed by atoms with Crippen molar-refractivity contribution in [3.8, 4) is 0 Å². The van der Waals surface area contributed by atoms with E-state index in [1.807, 2.05) is 10.9 Å². The molecular formula is C12H20ClN3O2. The predicted molar refractivity (Wildman–Crippen MR) is 69.6 cm³/mol. The lowest BCUT2D eigenvalue weighted by Gasteiger charge is -2.24. The minimum Gasteiger partial charge on any atom is -0.393 e. The fraction of sp³-hybridized carbons (Fsp3) is 0.750. The van der Waals surface area contributed by atoms with E-state index in [9.17, 15) is 10.2 Å². The standard InChI is InChI=1S/C12H20ClN3O2/c13-11-8-14-16(9-11)7-6-15-4-1-2-12(18,10-17)3-5-15/h8-9,17-18H,1-7,10H2/t12-/m0/s1. The second-order valence-corrected chi connectivity index (χ2v) is 5.44. The molecule has 0 saturated carbocycles. The van der Waals surface area contributed by atoms with E-state index in [-0.39, 0.29) is 6.61 Å². The molecule has 0 radical (unpaired) electrons. The van der Waals surface area contributed by atoms with Crippen LogP contribution in [0.15, 0.2) is 12.4 Å². The Labute approximate surface area is 112 Å². The number of likely N-dealkylation sites (tertiary alicyclic amines) is 1. The molecule has 1 aliphatic heterocycles. The van der Waals surface area contributed by atoms with Crippen LogP contribution in [0, 0.1) is 0 Å². The van der Waals surface area contributed by atoms with Gasteiger partial charge in [0.15, 0.2) is 0 Å². The normalized spacial score (nSPS) is 26.2. The quantitative estimate of drug-likeness (QED) is 0.850. The molecule has 0 spiro atoms. The Kier molecular flexibility index (Phi) is 4.61. The average molecular weight is 274 g/mol. The van der Waals surface area contributed by atoms with Gasteiger partial charge in [-0.1, -0.05) is 11.6 Å². The van der Waals surface area contributed by atoms with Crippen molar-refractivity contribution in [3.05, 3.63) is 17.4 Å². The molecule has 1 fully saturated rings. The molecule has 0 bridgehead atoms. The number of aromatic nitrogens is 2. The maximum atomic E-state index is 10.1. The summed E-state index contributed by atoms with van der Waals surface area (Å²) in [5, 5.41) is 24.0. The smallest absolute Gasteiger partial charge is 0.0890 e. The number of aliphatic hydroxyl groups is 2. The van der Waals surface area contributed by atoms with Crippen molar-refractivity contribution >= 4 is 11.6 Å². The fourth-order valence-electron chi connectivity index (χ4n) is 2.32. The van der Waals surface area contributed by atoms with E-state index in [0.29, 0.717) is 17.9 Å². The summed E-state index contributed by atoms with van der Waals surface area (Å²) in [6, 6.07) is 0. The van der Waals surface area contributed by atoms with E-state index in [1.54, 1.807) is 6.20 Å². The molecule has 0 amide bonds. The van der Waals surface area contributed by atoms with Crippen LogP contribution in [-0.4, -0.2) is 56.7 Å². The number of nitrogens with zero attached hydrogens (tertiary/aromatic N) is 3. The van der Waals surface area contributed by atoms with Crippen LogP contribution < -0.4 is 0 Å². The topological polar surface area (TPSA) is 61.5 Å². The zero-order valence-corrected chi connectivity index (χ0v) is 11.2. The summed E-state index contributed by atoms with van der Waals surface area (Å²) < 4.78 is 1.82. The van der Waals surface area contributed by atoms with Gasteiger partial charge in [0, 0.05) is 19.3 Å². The van der Waals surface area contributed by atoms with Gasteiger partial charge in [0.25, 0.3) is 0 Å². The predicted octanol–water partition coefficient (Wildman–Crippen LogP) is 0.746. The van der Waals surface area contributed by atoms with Gasteiger partial charge < -0.3 is 15.1 Å². The van der Waals surface area contributed by atoms with Gasteiger partial charge in [-0.3, -0.25) is 4.68 Å². The van der Waals surface area contributed by atoms with Crippen LogP contribution in [0.5, 0.6) is 0 Å². The number of hydrogen-bond donors (Lipinski definition) is 2. The van der Waals surface area contributed by atoms with E-state index >= 15 is 0 Å². The molecule has 1 saturated heterocycles. The summed E-state index contributed by atoms with van der Waals surface area (Å²) in [6.45, 7) is 3.31. The number of aliphatic hydroxyl groups excluding tert-OH is 1. The number of hydrogen-bond acceptors (Lipinski definition) is 4. The van der Waals surface area contributed by atoms with Crippen LogP contribution in [0.4, 0.5) is 0 Å². The van der Waals surface area contributed by atoms with Crippen molar-refractivity contribution in [1.82, 2.24) is 14.7 Å². The Morgan fingerprint density at radius 2 is 2.17 bits per heavy atom. The Hall–Kier alpha value is -0.620. The molecule has 18 heavy (non-hydrogen) atoms. The van der Waals surface area contributed by atoms with Crippen LogP contribution in [0.3, 0.4) is 0 Å². The highest BCUT2D eigenvalue weighted by atomic mass is 35.5. The summed E-state index contributed by atoms with van der Waals surface area (Å²) in [7, 11) is 0. The van der Waals surface area contributed by atoms with Gasteiger partial charge in [0.05, 0.1) is 30.0 Å². The van der Waals surface area contributed by atoms with Crippen LogP contribution >= 0.6 is 11.6 Å². The first kappa shape index (κ1) is 13.8. The molecule has 1 aliphatic rings. The van der Waals surface area contributed by atoms with Gasteiger partial charge in [0.1, 0.15) is 0 Å². The molecule has 1 atom stereocenters. The molecule has 5 nitrogen and oxygen atoms in total. The van der Waals surface area contributed by atoms with Crippen LogP contribution in [0.1, 0.15) is 19.3 Å². The monoisotopic (exact) mass is 273 g/mol. The SMILES string of the molecule is OC[C@]1(O)CCCN(CCn2cc(Cl)cn2)CC1. The summed E-state index contributed by atoms with van der Waals surface area (Å²) in [5.41, 5.74) is -0.885. The van der Waals surface area contributed by atoms with E-state index in [2.05, 4.69) is 10.00 Å². The summed E-state index contributed by atoms with van der Waals surface area (Å²) >= 11 is 5.81. The third kappa shape index (κ3) is 3.68. The molecule has 0 aromatic carbocycles. The lowest BCUT2D eigenvalue weighted by Crippen LogP contribution is -2.35. The molecule has 1 aromatic heterocycles. The number of halogens is 1. The molecule has 1 aromatic rings. The summed E-state index contributed by atoms with van der Waals surface area (Å²) in [4.78, 5) is 2.29. The first-order chi connectivity index (χ1) is 8.61. The first-order valence-electron chi connectivity index (χ1n) is 6.35. The van der Waals surface area contributed by atoms with Crippen molar-refractivity contribution < 1.29 is 10.2 Å². The molecule has 2 N–H and O–H groups in total. The Bertz CT molecular complexity index is 385. The van der Waals surface area contributed by atoms with E-state index in [4.69, 9.17) is 11.6 Å². The lowest BCUT2D eigenvalue weighted by molar-refractivity contribution is -0.0254. The minimum absolute atomic E-state index is 0.143. The first-order valence-corrected chi connectivity index (χ1v) is 6.73. The highest BCUT2D eigenvalue weighted by molar-refractivity contribution is 6.30. The van der Waals surface area contributed by atoms with E-state index in [0.717, 1.165) is 32.6 Å². The summed E-state index contributed by atoms with van der Waals surface area (Å²) in [6.07, 6.45) is 5.66. The molecule has 0 unspecified atom stereocenters. The van der Waals surface area contributed by atoms with E-state index < -0.39 is 5.60 Å². The van der Waals surface area contributed by atoms with Gasteiger partial charge >= 0.3 is 0 Å². The van der Waals surface area contributed by atoms with Gasteiger partial charge in [-0.2, -0.15) is 5.10 Å². The van der Waals surface area contributed by atoms with Gasteiger partial charge in [-0.15, -0.1) is 0 Å². The maximum Gasteiger partial charge on any atom is 0.0890 e. The van der Waals surface area contributed by atoms with Crippen LogP contribution in [0.2, 0.25) is 5.02 Å². The van der Waals surface area contributed by atoms with Crippen molar-refractivity contribution in [3.63, 3.8) is 0 Å². The zero-order chi connectivity index (χ0) is 13.0. The minimum atomic E-state index is -0.885. The molecular weight excluding hydrogens is 254 g/mol. The highest BCUT2D eigenvalue weighted by Crippen LogP contribution is 2.21. The maximum absolute atomic E-state index is 10.1. The van der Waals surface area contributed by atoms with Crippen molar-refractivity contribution in [2.45, 2.75) is 31.4 Å². The van der Waals surface area contributed by atoms with E-state index in [1.165, 1.54) is 0 Å². The third-order valence-corrected chi connectivity index (χ3v) is 3.75. The fourth-order valence-corrected chi connectivity index (χ4v) is 2.48. The van der Waals surface area contributed by atoms with Crippen LogP contribution in [0.25, 0.3) is 0 Å². The van der Waals surface area contributed by atoms with Gasteiger partial charge in [0.2, 0.25) is 0 Å². The van der Waals surface area contributed by atoms with Crippen LogP contribution in [-0.2, 0) is 6.54 Å². The molecule has 102 valence electrons. The average Bonchev–Trinajstić information content (AvgIpc) is 2.68. The van der Waals surface area contributed by atoms with Crippen molar-refractivity contribution in [2.24, 2.45) is 0 Å². The Balaban J connectivity index is 1.80. The number of rotatable bonds is 4. The molecule has 2 heterocycles.